The van der Waals surface area contributed by atoms with Crippen LogP contribution in [-0.2, 0) is 16.5 Å². The molecule has 1 aromatic carbocycles. The summed E-state index contributed by atoms with van der Waals surface area (Å²) >= 11 is 7.43. The third kappa shape index (κ3) is 3.79. The van der Waals surface area contributed by atoms with Gasteiger partial charge in [0.15, 0.2) is 0 Å². The minimum absolute atomic E-state index is 0. The van der Waals surface area contributed by atoms with Crippen molar-refractivity contribution in [2.45, 2.75) is 0 Å². The molecule has 0 bridgehead atoms. The van der Waals surface area contributed by atoms with Gasteiger partial charge in [0.25, 0.3) is 0 Å². The maximum absolute atomic E-state index is 5.76. The predicted molar refractivity (Wildman–Crippen MR) is 63.0 cm³/mol. The Hall–Kier alpha value is -0.626. The predicted octanol–water partition coefficient (Wildman–Crippen LogP) is 4.15. The van der Waals surface area contributed by atoms with Gasteiger partial charge in [-0.15, -0.1) is 11.3 Å². The van der Waals surface area contributed by atoms with Crippen molar-refractivity contribution in [1.82, 2.24) is 0 Å². The van der Waals surface area contributed by atoms with Gasteiger partial charge in [0.1, 0.15) is 0 Å². The minimum atomic E-state index is 0. The molecule has 2 aromatic rings. The summed E-state index contributed by atoms with van der Waals surface area (Å²) < 4.78 is 0. The molecule has 0 aliphatic heterocycles. The van der Waals surface area contributed by atoms with Crippen LogP contribution >= 0.6 is 22.9 Å². The summed E-state index contributed by atoms with van der Waals surface area (Å²) in [5, 5.41) is 2.77. The van der Waals surface area contributed by atoms with Crippen LogP contribution in [0.25, 0.3) is 0 Å². The average molecular weight is 280 g/mol. The van der Waals surface area contributed by atoms with E-state index in [4.69, 9.17) is 11.6 Å². The summed E-state index contributed by atoms with van der Waals surface area (Å²) in [7, 11) is 0. The summed E-state index contributed by atoms with van der Waals surface area (Å²) in [6.07, 6.45) is 1.86. The molecule has 4 heteroatoms. The van der Waals surface area contributed by atoms with Crippen molar-refractivity contribution in [3.8, 4) is 0 Å². The van der Waals surface area contributed by atoms with Gasteiger partial charge < -0.3 is 0 Å². The maximum atomic E-state index is 5.76. The smallest absolute Gasteiger partial charge is 0.255 e. The molecule has 0 aliphatic rings. The fourth-order valence-electron chi connectivity index (χ4n) is 1.03. The Labute approximate surface area is 108 Å². The topological polar surface area (TPSA) is 12.4 Å². The molecule has 0 radical (unpaired) electrons. The minimum Gasteiger partial charge on any atom is -0.255 e. The fourth-order valence-corrected chi connectivity index (χ4v) is 1.74. The van der Waals surface area contributed by atoms with Crippen LogP contribution in [0.1, 0.15) is 4.88 Å². The monoisotopic (exact) mass is 279 g/mol. The molecule has 1 aromatic heterocycles. The van der Waals surface area contributed by atoms with Crippen LogP contribution in [-0.4, -0.2) is 6.21 Å². The van der Waals surface area contributed by atoms with Crippen LogP contribution in [0.4, 0.5) is 5.69 Å². The number of rotatable bonds is 2. The normalized spacial score (nSPS) is 10.2. The first-order valence-electron chi connectivity index (χ1n) is 4.18. The number of thiophene rings is 1. The Morgan fingerprint density at radius 2 is 1.87 bits per heavy atom. The van der Waals surface area contributed by atoms with E-state index in [1.165, 1.54) is 0 Å². The van der Waals surface area contributed by atoms with Crippen LogP contribution in [0, 0.1) is 0 Å². The van der Waals surface area contributed by atoms with Crippen LogP contribution in [0.15, 0.2) is 46.8 Å². The van der Waals surface area contributed by atoms with E-state index in [0.717, 1.165) is 15.6 Å². The summed E-state index contributed by atoms with van der Waals surface area (Å²) in [6, 6.07) is 11.5. The molecule has 0 saturated heterocycles. The largest absolute Gasteiger partial charge is 2.00 e. The Morgan fingerprint density at radius 1 is 1.13 bits per heavy atom. The van der Waals surface area contributed by atoms with Crippen molar-refractivity contribution in [2.75, 3.05) is 0 Å². The first kappa shape index (κ1) is 12.4. The van der Waals surface area contributed by atoms with E-state index >= 15 is 0 Å². The van der Waals surface area contributed by atoms with E-state index in [1.807, 2.05) is 48.0 Å². The van der Waals surface area contributed by atoms with Gasteiger partial charge in [0.2, 0.25) is 0 Å². The van der Waals surface area contributed by atoms with E-state index in [1.54, 1.807) is 11.3 Å². The average Bonchev–Trinajstić information content (AvgIpc) is 2.70. The van der Waals surface area contributed by atoms with Crippen molar-refractivity contribution in [3.05, 3.63) is 51.7 Å². The second-order valence-electron chi connectivity index (χ2n) is 2.75. The number of nitrogens with zero attached hydrogens (tertiary/aromatic N) is 1. The first-order valence-corrected chi connectivity index (χ1v) is 5.43. The van der Waals surface area contributed by atoms with Gasteiger partial charge in [-0.1, -0.05) is 17.7 Å². The number of hydrogen-bond acceptors (Lipinski definition) is 2. The van der Waals surface area contributed by atoms with Crippen molar-refractivity contribution in [1.29, 1.82) is 0 Å². The zero-order chi connectivity index (χ0) is 9.80. The molecule has 0 saturated carbocycles. The van der Waals surface area contributed by atoms with Crippen LogP contribution in [0.3, 0.4) is 0 Å². The van der Waals surface area contributed by atoms with Crippen LogP contribution in [0.5, 0.6) is 0 Å². The molecule has 0 fully saturated rings. The SMILES string of the molecule is Clc1ccc(N=Cc2cccs2)cc1.[Ni+2]. The molecule has 0 atom stereocenters. The van der Waals surface area contributed by atoms with Gasteiger partial charge in [-0.05, 0) is 35.7 Å². The number of hydrogen-bond donors (Lipinski definition) is 0. The molecule has 15 heavy (non-hydrogen) atoms. The Bertz CT molecular complexity index is 422. The molecule has 1 heterocycles. The van der Waals surface area contributed by atoms with Crippen molar-refractivity contribution >= 4 is 34.8 Å². The third-order valence-corrected chi connectivity index (χ3v) is 2.77. The molecule has 0 unspecified atom stereocenters. The maximum Gasteiger partial charge on any atom is 2.00 e. The van der Waals surface area contributed by atoms with Crippen molar-refractivity contribution in [3.63, 3.8) is 0 Å². The molecule has 0 spiro atoms. The molecule has 1 nitrogen and oxygen atoms in total. The summed E-state index contributed by atoms with van der Waals surface area (Å²) in [6.45, 7) is 0. The Morgan fingerprint density at radius 3 is 2.47 bits per heavy atom. The summed E-state index contributed by atoms with van der Waals surface area (Å²) in [5.74, 6) is 0. The second-order valence-corrected chi connectivity index (χ2v) is 4.17. The second kappa shape index (κ2) is 6.07. The quantitative estimate of drug-likeness (QED) is 0.579. The third-order valence-electron chi connectivity index (χ3n) is 1.71. The zero-order valence-electron chi connectivity index (χ0n) is 7.67. The van der Waals surface area contributed by atoms with Crippen LogP contribution < -0.4 is 0 Å². The molecular weight excluding hydrogens is 272 g/mol. The standard InChI is InChI=1S/C11H8ClNS.Ni/c12-9-3-5-10(6-4-9)13-8-11-2-1-7-14-11;/h1-8H;/q;+2. The fraction of sp³-hybridized carbons (Fsp3) is 0. The van der Waals surface area contributed by atoms with Gasteiger partial charge in [-0.25, -0.2) is 0 Å². The van der Waals surface area contributed by atoms with Crippen molar-refractivity contribution in [2.24, 2.45) is 4.99 Å². The molecule has 0 amide bonds. The molecule has 0 aliphatic carbocycles. The van der Waals surface area contributed by atoms with Gasteiger partial charge in [0, 0.05) is 16.1 Å². The zero-order valence-corrected chi connectivity index (χ0v) is 10.2. The van der Waals surface area contributed by atoms with E-state index in [0.29, 0.717) is 0 Å². The van der Waals surface area contributed by atoms with Gasteiger partial charge in [-0.3, -0.25) is 4.99 Å². The Kier molecular flexibility index (Phi) is 5.03. The number of halogens is 1. The molecular formula is C11H8ClNNiS+2. The van der Waals surface area contributed by atoms with E-state index in [-0.39, 0.29) is 16.5 Å². The Balaban J connectivity index is 0.00000112. The molecule has 0 N–H and O–H groups in total. The van der Waals surface area contributed by atoms with E-state index < -0.39 is 0 Å². The molecule has 78 valence electrons. The van der Waals surface area contributed by atoms with E-state index in [2.05, 4.69) is 4.99 Å². The van der Waals surface area contributed by atoms with Gasteiger partial charge >= 0.3 is 16.5 Å². The van der Waals surface area contributed by atoms with Crippen molar-refractivity contribution < 1.29 is 16.5 Å². The van der Waals surface area contributed by atoms with E-state index in [9.17, 15) is 0 Å². The van der Waals surface area contributed by atoms with Gasteiger partial charge in [0.05, 0.1) is 5.69 Å². The molecule has 2 rings (SSSR count). The first-order chi connectivity index (χ1) is 6.84. The van der Waals surface area contributed by atoms with Crippen LogP contribution in [0.2, 0.25) is 5.02 Å². The summed E-state index contributed by atoms with van der Waals surface area (Å²) in [5.41, 5.74) is 0.919. The number of aliphatic imine (C=N–C) groups is 1. The number of benzene rings is 1. The summed E-state index contributed by atoms with van der Waals surface area (Å²) in [4.78, 5) is 5.47. The van der Waals surface area contributed by atoms with Gasteiger partial charge in [-0.2, -0.15) is 0 Å².